The molecule has 7 aromatic rings. The number of methoxy groups -OCH3 is 3. The number of hydrogen-bond donors (Lipinski definition) is 3. The number of nitrogens with one attached hydrogen (secondary N) is 2. The van der Waals surface area contributed by atoms with Crippen LogP contribution in [0, 0.1) is 0 Å². The van der Waals surface area contributed by atoms with Gasteiger partial charge < -0.3 is 23.9 Å². The minimum atomic E-state index is -0.910. The number of nitrogens with zero attached hydrogens (tertiary/aromatic N) is 15. The molecule has 3 N–H and O–H groups in total. The van der Waals surface area contributed by atoms with Crippen molar-refractivity contribution in [1.82, 2.24) is 78.6 Å². The van der Waals surface area contributed by atoms with Crippen LogP contribution in [0.2, 0.25) is 0 Å². The summed E-state index contributed by atoms with van der Waals surface area (Å²) in [7, 11) is 10.6. The van der Waals surface area contributed by atoms with Gasteiger partial charge in [0.05, 0.1) is 51.3 Å². The number of pyridine rings is 3. The van der Waals surface area contributed by atoms with Gasteiger partial charge in [-0.3, -0.25) is 39.1 Å². The van der Waals surface area contributed by atoms with E-state index in [9.17, 15) is 43.2 Å². The fraction of sp³-hybridized carbons (Fsp3) is 0.243. The van der Waals surface area contributed by atoms with Crippen LogP contribution in [-0.4, -0.2) is 130 Å². The van der Waals surface area contributed by atoms with E-state index in [0.29, 0.717) is 31.1 Å². The fourth-order valence-electron chi connectivity index (χ4n) is 5.04. The van der Waals surface area contributed by atoms with E-state index >= 15 is 0 Å². The van der Waals surface area contributed by atoms with E-state index in [2.05, 4.69) is 55.7 Å². The second-order valence-corrected chi connectivity index (χ2v) is 13.1. The van der Waals surface area contributed by atoms with Crippen LogP contribution in [0.1, 0.15) is 45.3 Å². The first-order chi connectivity index (χ1) is 32.8. The van der Waals surface area contributed by atoms with Gasteiger partial charge >= 0.3 is 24.8 Å². The molecule has 0 saturated carbocycles. The lowest BCUT2D eigenvalue weighted by molar-refractivity contribution is 0.0996. The first-order valence-corrected chi connectivity index (χ1v) is 19.0. The molecule has 0 aromatic carbocycles. The zero-order valence-corrected chi connectivity index (χ0v) is 37.7. The van der Waals surface area contributed by atoms with E-state index < -0.39 is 56.9 Å². The summed E-state index contributed by atoms with van der Waals surface area (Å²) in [5.74, 6) is -0.197. The SMILES string of the molecule is CC(=O)c1nn(C)c(=O)[nH]c1=O.COc1ccc(-n2c(=O)c(C(=O)Nc3nnnn3C)nn(C)c2=O)cn1.COc1ccc(-n2c(=O)c(C(C)=O)nn(C)c2=O)cn1.COc1ccc(O[B]O)cn1. The topological polar surface area (TPSA) is 384 Å². The molecule has 0 fully saturated rings. The molecule has 0 unspecified atom stereocenters. The predicted molar refractivity (Wildman–Crippen MR) is 235 cm³/mol. The van der Waals surface area contributed by atoms with Gasteiger partial charge in [0.1, 0.15) is 5.75 Å². The Morgan fingerprint density at radius 2 is 1.09 bits per heavy atom. The highest BCUT2D eigenvalue weighted by Crippen LogP contribution is 2.12. The van der Waals surface area contributed by atoms with Gasteiger partial charge in [0.2, 0.25) is 29.3 Å². The van der Waals surface area contributed by atoms with Crippen molar-refractivity contribution < 1.29 is 38.3 Å². The van der Waals surface area contributed by atoms with Crippen LogP contribution in [0.15, 0.2) is 83.8 Å². The number of hydrogen-bond acceptors (Lipinski definition) is 23. The molecule has 31 nitrogen and oxygen atoms in total. The molecule has 0 atom stereocenters. The minimum absolute atomic E-state index is 0.0164. The molecule has 0 bridgehead atoms. The van der Waals surface area contributed by atoms with Crippen LogP contribution in [0.4, 0.5) is 5.95 Å². The number of aromatic amines is 1. The van der Waals surface area contributed by atoms with E-state index in [-0.39, 0.29) is 28.7 Å². The zero-order valence-electron chi connectivity index (χ0n) is 37.7. The van der Waals surface area contributed by atoms with Crippen molar-refractivity contribution in [1.29, 1.82) is 0 Å². The molecular formula is C37H39BN17O14. The Morgan fingerprint density at radius 3 is 1.49 bits per heavy atom. The number of amides is 1. The first kappa shape index (κ1) is 52.0. The number of tetrazole rings is 1. The lowest BCUT2D eigenvalue weighted by atomic mass is 10.3. The summed E-state index contributed by atoms with van der Waals surface area (Å²) in [5.41, 5.74) is -5.12. The number of carbonyl (C=O) groups is 3. The number of anilines is 1. The maximum Gasteiger partial charge on any atom is 0.569 e. The van der Waals surface area contributed by atoms with Crippen LogP contribution in [0.25, 0.3) is 11.4 Å². The second kappa shape index (κ2) is 23.5. The largest absolute Gasteiger partial charge is 0.569 e. The summed E-state index contributed by atoms with van der Waals surface area (Å²) in [6.45, 7) is 2.42. The van der Waals surface area contributed by atoms with Crippen molar-refractivity contribution in [2.45, 2.75) is 13.8 Å². The van der Waals surface area contributed by atoms with Gasteiger partial charge in [-0.25, -0.2) is 57.2 Å². The van der Waals surface area contributed by atoms with Crippen molar-refractivity contribution >= 4 is 31.1 Å². The minimum Gasteiger partial charge on any atom is -0.536 e. The van der Waals surface area contributed by atoms with Gasteiger partial charge in [-0.05, 0) is 28.6 Å². The summed E-state index contributed by atoms with van der Waals surface area (Å²) in [6, 6.07) is 9.22. The van der Waals surface area contributed by atoms with Gasteiger partial charge in [0, 0.05) is 60.2 Å². The maximum atomic E-state index is 12.7. The van der Waals surface area contributed by atoms with E-state index in [4.69, 9.17) is 19.2 Å². The van der Waals surface area contributed by atoms with Crippen LogP contribution >= 0.6 is 0 Å². The molecule has 32 heteroatoms. The number of H-pyrrole nitrogens is 1. The molecule has 1 radical (unpaired) electrons. The third-order valence-corrected chi connectivity index (χ3v) is 8.44. The van der Waals surface area contributed by atoms with Gasteiger partial charge in [-0.2, -0.15) is 15.3 Å². The Labute approximate surface area is 385 Å². The van der Waals surface area contributed by atoms with Gasteiger partial charge in [-0.15, -0.1) is 0 Å². The summed E-state index contributed by atoms with van der Waals surface area (Å²) in [5, 5.41) is 32.0. The van der Waals surface area contributed by atoms with Crippen LogP contribution in [-0.2, 0) is 28.2 Å². The number of ketones is 2. The van der Waals surface area contributed by atoms with Gasteiger partial charge in [0.15, 0.2) is 23.0 Å². The monoisotopic (exact) mass is 956 g/mol. The third kappa shape index (κ3) is 13.0. The molecule has 69 heavy (non-hydrogen) atoms. The first-order valence-electron chi connectivity index (χ1n) is 19.0. The van der Waals surface area contributed by atoms with Crippen molar-refractivity contribution in [2.75, 3.05) is 26.6 Å². The highest BCUT2D eigenvalue weighted by Gasteiger charge is 2.22. The van der Waals surface area contributed by atoms with Crippen molar-refractivity contribution in [2.24, 2.45) is 28.2 Å². The van der Waals surface area contributed by atoms with E-state index in [0.717, 1.165) is 23.2 Å². The normalized spacial score (nSPS) is 10.1. The molecular weight excluding hydrogens is 917 g/mol. The number of ether oxygens (including phenoxy) is 3. The Morgan fingerprint density at radius 1 is 0.623 bits per heavy atom. The number of carbonyl (C=O) groups excluding carboxylic acids is 3. The number of rotatable bonds is 11. The molecule has 0 spiro atoms. The summed E-state index contributed by atoms with van der Waals surface area (Å²) >= 11 is 0. The molecule has 0 aliphatic heterocycles. The van der Waals surface area contributed by atoms with Crippen LogP contribution < -0.4 is 57.9 Å². The Balaban J connectivity index is 0.000000213. The lowest BCUT2D eigenvalue weighted by Crippen LogP contribution is -2.43. The van der Waals surface area contributed by atoms with E-state index in [1.165, 1.54) is 111 Å². The standard InChI is InChI=1S/C13H13N9O4.C12H12N4O4.C6H7BNO3.C6H7N3O3/c1-20-12(16-18-19-20)15-10(23)9-11(24)22(13(25)21(2)17-9)7-4-5-8(26-3)14-6-7;1-7(17)10-11(18)16(12(19)15(2)14-10)8-4-5-9(20-3)13-6-8;1-10-6-3-2-5(4-8-6)11-7-9;1-3(10)4-5(11)7-6(12)9(2)8-4/h4-6H,1-3H3,(H,15,16,19,23);4-6H,1-3H3;2-4,9H,1H3;1-2H3,(H,7,11,12). The smallest absolute Gasteiger partial charge is 0.536 e. The number of aryl methyl sites for hydroxylation is 4. The molecule has 0 saturated heterocycles. The van der Waals surface area contributed by atoms with E-state index in [1.807, 2.05) is 4.98 Å². The summed E-state index contributed by atoms with van der Waals surface area (Å²) in [4.78, 5) is 119. The van der Waals surface area contributed by atoms with Crippen molar-refractivity contribution in [3.05, 3.63) is 135 Å². The third-order valence-electron chi connectivity index (χ3n) is 8.44. The number of Topliss-reactive ketones (excluding diaryl/α,β-unsaturated/α-hetero) is 2. The average molecular weight is 957 g/mol. The molecule has 7 heterocycles. The molecule has 0 aliphatic carbocycles. The molecule has 1 amide bonds. The Hall–Kier alpha value is -9.62. The Bertz CT molecular complexity index is 3320. The molecule has 7 rings (SSSR count). The summed E-state index contributed by atoms with van der Waals surface area (Å²) < 4.78 is 24.8. The highest BCUT2D eigenvalue weighted by atomic mass is 16.5. The van der Waals surface area contributed by atoms with Crippen molar-refractivity contribution in [3.8, 4) is 34.8 Å². The zero-order chi connectivity index (χ0) is 51.1. The molecule has 0 aliphatic rings. The fourth-order valence-corrected chi connectivity index (χ4v) is 5.04. The molecule has 7 aromatic heterocycles. The average Bonchev–Trinajstić information content (AvgIpc) is 3.74. The van der Waals surface area contributed by atoms with E-state index in [1.54, 1.807) is 12.1 Å². The number of aromatic nitrogens is 16. The van der Waals surface area contributed by atoms with Gasteiger partial charge in [0.25, 0.3) is 22.6 Å². The quantitative estimate of drug-likeness (QED) is 0.0830. The Kier molecular flexibility index (Phi) is 17.7. The van der Waals surface area contributed by atoms with Crippen LogP contribution in [0.3, 0.4) is 0 Å². The molecule has 359 valence electrons. The second-order valence-electron chi connectivity index (χ2n) is 13.1. The van der Waals surface area contributed by atoms with Crippen molar-refractivity contribution in [3.63, 3.8) is 0 Å². The maximum absolute atomic E-state index is 12.7. The lowest BCUT2D eigenvalue weighted by Gasteiger charge is -2.09. The highest BCUT2D eigenvalue weighted by molar-refractivity contribution is 6.17. The summed E-state index contributed by atoms with van der Waals surface area (Å²) in [6.07, 6.45) is 4.03. The predicted octanol–water partition coefficient (Wildman–Crippen LogP) is -3.69. The van der Waals surface area contributed by atoms with Gasteiger partial charge in [-0.1, -0.05) is 5.10 Å². The van der Waals surface area contributed by atoms with Crippen LogP contribution in [0.5, 0.6) is 23.4 Å².